The molecule has 0 saturated carbocycles. The van der Waals surface area contributed by atoms with Crippen molar-refractivity contribution in [3.05, 3.63) is 45.8 Å². The van der Waals surface area contributed by atoms with Gasteiger partial charge in [-0.2, -0.15) is 14.8 Å². The monoisotopic (exact) mass is 556 g/mol. The Balaban J connectivity index is 1.87. The Morgan fingerprint density at radius 2 is 1.68 bits per heavy atom. The van der Waals surface area contributed by atoms with E-state index >= 15 is 0 Å². The minimum Gasteiger partial charge on any atom is -0.339 e. The van der Waals surface area contributed by atoms with E-state index in [1.54, 1.807) is 4.90 Å². The molecule has 0 unspecified atom stereocenters. The van der Waals surface area contributed by atoms with E-state index in [4.69, 9.17) is 10.5 Å². The molecule has 38 heavy (non-hydrogen) atoms. The van der Waals surface area contributed by atoms with Gasteiger partial charge in [-0.05, 0) is 57.1 Å². The van der Waals surface area contributed by atoms with E-state index in [0.29, 0.717) is 30.2 Å². The molecule has 0 bridgehead atoms. The third kappa shape index (κ3) is 6.40. The fourth-order valence-electron chi connectivity index (χ4n) is 4.32. The van der Waals surface area contributed by atoms with Crippen LogP contribution in [0.25, 0.3) is 0 Å². The van der Waals surface area contributed by atoms with Crippen molar-refractivity contribution in [2.45, 2.75) is 44.6 Å². The summed E-state index contributed by atoms with van der Waals surface area (Å²) >= 11 is 1.41. The first kappa shape index (κ1) is 29.3. The lowest BCUT2D eigenvalue weighted by Crippen LogP contribution is -2.33. The predicted octanol–water partition coefficient (Wildman–Crippen LogP) is 3.29. The van der Waals surface area contributed by atoms with Crippen LogP contribution in [0.3, 0.4) is 0 Å². The van der Waals surface area contributed by atoms with E-state index in [0.717, 1.165) is 27.7 Å². The van der Waals surface area contributed by atoms with E-state index in [2.05, 4.69) is 10.2 Å². The molecule has 0 radical (unpaired) electrons. The number of nitriles is 2. The summed E-state index contributed by atoms with van der Waals surface area (Å²) in [6.07, 6.45) is 0.724. The topological polar surface area (TPSA) is 138 Å². The SMILES string of the molecule is CCN(CC)C(=O)c1c(NC(=O)c2ccc(S(=O)(=O)N(CCC#N)CCC#N)cc2)sc2c1CCN(C)C2. The zero-order chi connectivity index (χ0) is 27.9. The number of hydrogen-bond donors (Lipinski definition) is 1. The number of benzene rings is 1. The lowest BCUT2D eigenvalue weighted by molar-refractivity contribution is 0.0772. The third-order valence-electron chi connectivity index (χ3n) is 6.44. The summed E-state index contributed by atoms with van der Waals surface area (Å²) in [4.78, 5) is 31.5. The van der Waals surface area contributed by atoms with Gasteiger partial charge in [-0.15, -0.1) is 11.3 Å². The quantitative estimate of drug-likeness (QED) is 0.448. The van der Waals surface area contributed by atoms with Gasteiger partial charge in [0.1, 0.15) is 5.00 Å². The van der Waals surface area contributed by atoms with E-state index in [-0.39, 0.29) is 42.3 Å². The van der Waals surface area contributed by atoms with Gasteiger partial charge >= 0.3 is 0 Å². The van der Waals surface area contributed by atoms with Crippen molar-refractivity contribution in [2.75, 3.05) is 45.1 Å². The maximum atomic E-state index is 13.4. The Kier molecular flexibility index (Phi) is 10.00. The Morgan fingerprint density at radius 3 is 2.24 bits per heavy atom. The van der Waals surface area contributed by atoms with Crippen molar-refractivity contribution >= 4 is 38.2 Å². The molecule has 1 aromatic carbocycles. The predicted molar refractivity (Wildman–Crippen MR) is 145 cm³/mol. The van der Waals surface area contributed by atoms with Crippen LogP contribution in [0, 0.1) is 22.7 Å². The Bertz CT molecular complexity index is 1330. The van der Waals surface area contributed by atoms with Gasteiger partial charge in [0.15, 0.2) is 0 Å². The Morgan fingerprint density at radius 1 is 1.08 bits per heavy atom. The lowest BCUT2D eigenvalue weighted by Gasteiger charge is -2.24. The number of hydrogen-bond acceptors (Lipinski definition) is 8. The summed E-state index contributed by atoms with van der Waals surface area (Å²) in [7, 11) is -1.92. The largest absolute Gasteiger partial charge is 0.339 e. The maximum Gasteiger partial charge on any atom is 0.257 e. The average molecular weight is 557 g/mol. The van der Waals surface area contributed by atoms with Crippen LogP contribution in [0.2, 0.25) is 0 Å². The van der Waals surface area contributed by atoms with Crippen molar-refractivity contribution in [1.29, 1.82) is 10.5 Å². The van der Waals surface area contributed by atoms with Gasteiger partial charge in [0.05, 0.1) is 22.6 Å². The summed E-state index contributed by atoms with van der Waals surface area (Å²) in [5.74, 6) is -0.552. The number of nitrogens with zero attached hydrogens (tertiary/aromatic N) is 5. The average Bonchev–Trinajstić information content (AvgIpc) is 3.25. The zero-order valence-electron chi connectivity index (χ0n) is 21.9. The number of anilines is 1. The van der Waals surface area contributed by atoms with Crippen LogP contribution < -0.4 is 5.32 Å². The Hall–Kier alpha value is -3.29. The van der Waals surface area contributed by atoms with Gasteiger partial charge in [0, 0.05) is 62.6 Å². The fraction of sp³-hybridized carbons (Fsp3) is 0.462. The summed E-state index contributed by atoms with van der Waals surface area (Å²) in [5.41, 5.74) is 1.77. The van der Waals surface area contributed by atoms with Gasteiger partial charge in [-0.25, -0.2) is 8.42 Å². The van der Waals surface area contributed by atoms with Crippen LogP contribution in [0.4, 0.5) is 5.00 Å². The highest BCUT2D eigenvalue weighted by molar-refractivity contribution is 7.89. The van der Waals surface area contributed by atoms with Gasteiger partial charge in [-0.3, -0.25) is 9.59 Å². The minimum absolute atomic E-state index is 0.000272. The number of likely N-dealkylation sites (N-methyl/N-ethyl adjacent to an activating group) is 1. The second kappa shape index (κ2) is 13.0. The molecule has 202 valence electrons. The van der Waals surface area contributed by atoms with Crippen molar-refractivity contribution in [3.8, 4) is 12.1 Å². The molecule has 10 nitrogen and oxygen atoms in total. The highest BCUT2D eigenvalue weighted by Crippen LogP contribution is 2.38. The first-order valence-electron chi connectivity index (χ1n) is 12.5. The standard InChI is InChI=1S/C26H32N6O4S2/c1-4-31(5-2)26(34)23-21-12-17-30(3)18-22(21)37-25(23)29-24(33)19-8-10-20(11-9-19)38(35,36)32(15-6-13-27)16-7-14-28/h8-11H,4-7,12,15-18H2,1-3H3,(H,29,33). The molecule has 2 heterocycles. The first-order valence-corrected chi connectivity index (χ1v) is 14.7. The minimum atomic E-state index is -3.94. The fourth-order valence-corrected chi connectivity index (χ4v) is 7.08. The van der Waals surface area contributed by atoms with Gasteiger partial charge < -0.3 is 15.1 Å². The molecule has 1 aliphatic heterocycles. The summed E-state index contributed by atoms with van der Waals surface area (Å²) < 4.78 is 27.2. The smallest absolute Gasteiger partial charge is 0.257 e. The van der Waals surface area contributed by atoms with Crippen LogP contribution in [0.15, 0.2) is 29.2 Å². The zero-order valence-corrected chi connectivity index (χ0v) is 23.5. The van der Waals surface area contributed by atoms with E-state index in [1.165, 1.54) is 35.6 Å². The number of sulfonamides is 1. The van der Waals surface area contributed by atoms with E-state index in [9.17, 15) is 18.0 Å². The molecular weight excluding hydrogens is 524 g/mol. The second-order valence-electron chi connectivity index (χ2n) is 8.87. The van der Waals surface area contributed by atoms with Crippen LogP contribution in [0.5, 0.6) is 0 Å². The normalized spacial score (nSPS) is 13.4. The number of rotatable bonds is 11. The molecular formula is C26H32N6O4S2. The molecule has 3 rings (SSSR count). The van der Waals surface area contributed by atoms with Gasteiger partial charge in [0.2, 0.25) is 10.0 Å². The molecule has 0 aliphatic carbocycles. The molecule has 0 atom stereocenters. The number of nitrogens with one attached hydrogen (secondary N) is 1. The third-order valence-corrected chi connectivity index (χ3v) is 9.48. The number of carbonyl (C=O) groups excluding carboxylic acids is 2. The van der Waals surface area contributed by atoms with Crippen LogP contribution >= 0.6 is 11.3 Å². The van der Waals surface area contributed by atoms with Gasteiger partial charge in [0.25, 0.3) is 11.8 Å². The number of carbonyl (C=O) groups is 2. The molecule has 1 N–H and O–H groups in total. The van der Waals surface area contributed by atoms with Crippen LogP contribution in [-0.2, 0) is 23.0 Å². The molecule has 2 aromatic rings. The van der Waals surface area contributed by atoms with Crippen LogP contribution in [-0.4, -0.2) is 74.1 Å². The molecule has 1 aromatic heterocycles. The van der Waals surface area contributed by atoms with E-state index < -0.39 is 15.9 Å². The number of fused-ring (bicyclic) bond motifs is 1. The van der Waals surface area contributed by atoms with Crippen molar-refractivity contribution in [2.24, 2.45) is 0 Å². The summed E-state index contributed by atoms with van der Waals surface area (Å²) in [5, 5.41) is 21.1. The Labute approximate surface area is 228 Å². The molecule has 1 aliphatic rings. The maximum absolute atomic E-state index is 13.4. The number of thiophene rings is 1. The second-order valence-corrected chi connectivity index (χ2v) is 11.9. The molecule has 2 amide bonds. The summed E-state index contributed by atoms with van der Waals surface area (Å²) in [6, 6.07) is 9.36. The van der Waals surface area contributed by atoms with Crippen molar-refractivity contribution < 1.29 is 18.0 Å². The van der Waals surface area contributed by atoms with Crippen molar-refractivity contribution in [3.63, 3.8) is 0 Å². The lowest BCUT2D eigenvalue weighted by atomic mass is 10.0. The molecule has 0 fully saturated rings. The van der Waals surface area contributed by atoms with Crippen LogP contribution in [0.1, 0.15) is 57.8 Å². The van der Waals surface area contributed by atoms with Crippen molar-refractivity contribution in [1.82, 2.24) is 14.1 Å². The molecule has 12 heteroatoms. The van der Waals surface area contributed by atoms with E-state index in [1.807, 2.05) is 33.0 Å². The highest BCUT2D eigenvalue weighted by Gasteiger charge is 2.30. The highest BCUT2D eigenvalue weighted by atomic mass is 32.2. The molecule has 0 spiro atoms. The summed E-state index contributed by atoms with van der Waals surface area (Å²) in [6.45, 7) is 6.44. The first-order chi connectivity index (χ1) is 18.2. The number of amides is 2. The van der Waals surface area contributed by atoms with Gasteiger partial charge in [-0.1, -0.05) is 0 Å². The molecule has 0 saturated heterocycles.